The van der Waals surface area contributed by atoms with Gasteiger partial charge >= 0.3 is 0 Å². The summed E-state index contributed by atoms with van der Waals surface area (Å²) in [5.41, 5.74) is 1.76. The highest BCUT2D eigenvalue weighted by Gasteiger charge is 2.24. The number of hydrogen-bond donors (Lipinski definition) is 2. The number of carbonyl (C=O) groups excluding carboxylic acids is 1. The van der Waals surface area contributed by atoms with Gasteiger partial charge in [0.1, 0.15) is 0 Å². The van der Waals surface area contributed by atoms with Crippen molar-refractivity contribution in [1.29, 1.82) is 0 Å². The van der Waals surface area contributed by atoms with Gasteiger partial charge in [0.05, 0.1) is 19.0 Å². The molecule has 0 aliphatic rings. The number of ketones is 1. The minimum atomic E-state index is -1.47. The van der Waals surface area contributed by atoms with Crippen molar-refractivity contribution in [3.63, 3.8) is 0 Å². The van der Waals surface area contributed by atoms with Gasteiger partial charge in [0.25, 0.3) is 0 Å². The van der Waals surface area contributed by atoms with Gasteiger partial charge in [-0.1, -0.05) is 0 Å². The second kappa shape index (κ2) is 8.78. The molecule has 0 saturated carbocycles. The summed E-state index contributed by atoms with van der Waals surface area (Å²) in [5.74, 6) is 1.44. The van der Waals surface area contributed by atoms with Gasteiger partial charge in [0, 0.05) is 36.3 Å². The van der Waals surface area contributed by atoms with Crippen molar-refractivity contribution >= 4 is 34.7 Å². The van der Waals surface area contributed by atoms with Crippen LogP contribution < -0.4 is 4.90 Å². The Balaban J connectivity index is 2.78. The number of benzene rings is 1. The summed E-state index contributed by atoms with van der Waals surface area (Å²) < 4.78 is 0. The van der Waals surface area contributed by atoms with Crippen LogP contribution in [-0.4, -0.2) is 60.1 Å². The molecule has 6 heteroatoms. The Kier molecular flexibility index (Phi) is 7.73. The Morgan fingerprint density at radius 1 is 1.19 bits per heavy atom. The Hall–Kier alpha value is -0.560. The monoisotopic (exact) mass is 377 g/mol. The van der Waals surface area contributed by atoms with Crippen LogP contribution in [0.25, 0.3) is 0 Å². The summed E-state index contributed by atoms with van der Waals surface area (Å²) in [6, 6.07) is 7.57. The Morgan fingerprint density at radius 2 is 1.71 bits per heavy atom. The number of carbonyl (C=O) groups is 1. The van der Waals surface area contributed by atoms with E-state index in [1.165, 1.54) is 0 Å². The molecule has 0 fully saturated rings. The summed E-state index contributed by atoms with van der Waals surface area (Å²) >= 11 is 3.59. The number of nitrogens with zero attached hydrogens (tertiary/aromatic N) is 1. The second-order valence-electron chi connectivity index (χ2n) is 4.92. The maximum Gasteiger partial charge on any atom is 0.171 e. The number of rotatable bonds is 9. The minimum absolute atomic E-state index is 0.0219. The van der Waals surface area contributed by atoms with Crippen molar-refractivity contribution in [3.8, 4) is 0 Å². The zero-order valence-electron chi connectivity index (χ0n) is 12.6. The highest BCUT2D eigenvalue weighted by atomic mass is 79.9. The molecule has 0 unspecified atom stereocenters. The SMILES string of the molecule is CCN(C)c1ccc(C(=O)CS(Br)(CCO)CCO)cc1. The van der Waals surface area contributed by atoms with Crippen molar-refractivity contribution in [1.82, 2.24) is 0 Å². The second-order valence-corrected chi connectivity index (χ2v) is 12.0. The van der Waals surface area contributed by atoms with E-state index < -0.39 is 8.46 Å². The summed E-state index contributed by atoms with van der Waals surface area (Å²) in [7, 11) is 0.542. The Morgan fingerprint density at radius 3 is 2.14 bits per heavy atom. The van der Waals surface area contributed by atoms with Gasteiger partial charge in [-0.15, -0.1) is 0 Å². The molecule has 0 saturated heterocycles. The van der Waals surface area contributed by atoms with Gasteiger partial charge in [0.2, 0.25) is 0 Å². The fraction of sp³-hybridized carbons (Fsp3) is 0.533. The molecule has 0 spiro atoms. The molecule has 0 amide bonds. The number of Topliss-reactive ketones (excluding diaryl/α,β-unsaturated/α-hetero) is 1. The predicted octanol–water partition coefficient (Wildman–Crippen LogP) is 2.42. The van der Waals surface area contributed by atoms with Crippen molar-refractivity contribution in [3.05, 3.63) is 29.8 Å². The lowest BCUT2D eigenvalue weighted by atomic mass is 10.1. The van der Waals surface area contributed by atoms with Crippen LogP contribution in [0.1, 0.15) is 17.3 Å². The van der Waals surface area contributed by atoms with Gasteiger partial charge in [-0.25, -0.2) is 0 Å². The zero-order valence-corrected chi connectivity index (χ0v) is 15.0. The van der Waals surface area contributed by atoms with Crippen LogP contribution in [0, 0.1) is 0 Å². The van der Waals surface area contributed by atoms with Crippen LogP contribution >= 0.6 is 23.3 Å². The number of aliphatic hydroxyl groups excluding tert-OH is 2. The number of anilines is 1. The maximum absolute atomic E-state index is 12.4. The number of aliphatic hydroxyl groups is 2. The van der Waals surface area contributed by atoms with E-state index >= 15 is 0 Å². The molecule has 0 heterocycles. The summed E-state index contributed by atoms with van der Waals surface area (Å²) in [5, 5.41) is 18.3. The molecule has 0 atom stereocenters. The molecule has 0 bridgehead atoms. The van der Waals surface area contributed by atoms with E-state index in [1.54, 1.807) is 0 Å². The summed E-state index contributed by atoms with van der Waals surface area (Å²) in [6.45, 7) is 3.03. The van der Waals surface area contributed by atoms with Crippen LogP contribution in [0.3, 0.4) is 0 Å². The zero-order chi connectivity index (χ0) is 15.9. The van der Waals surface area contributed by atoms with E-state index in [4.69, 9.17) is 10.2 Å². The van der Waals surface area contributed by atoms with Crippen LogP contribution in [0.5, 0.6) is 0 Å². The maximum atomic E-state index is 12.4. The molecule has 4 nitrogen and oxygen atoms in total. The lowest BCUT2D eigenvalue weighted by Crippen LogP contribution is -2.19. The fourth-order valence-electron chi connectivity index (χ4n) is 1.98. The molecule has 0 aliphatic heterocycles. The highest BCUT2D eigenvalue weighted by molar-refractivity contribution is 9.58. The largest absolute Gasteiger partial charge is 0.396 e. The first-order chi connectivity index (χ1) is 9.95. The van der Waals surface area contributed by atoms with Crippen molar-refractivity contribution in [2.45, 2.75) is 6.92 Å². The van der Waals surface area contributed by atoms with Crippen LogP contribution in [-0.2, 0) is 0 Å². The molecule has 0 radical (unpaired) electrons. The third kappa shape index (κ3) is 5.62. The number of hydrogen-bond acceptors (Lipinski definition) is 4. The van der Waals surface area contributed by atoms with E-state index in [0.717, 1.165) is 12.2 Å². The average Bonchev–Trinajstić information content (AvgIpc) is 2.46. The van der Waals surface area contributed by atoms with Gasteiger partial charge in [0.15, 0.2) is 5.78 Å². The van der Waals surface area contributed by atoms with E-state index in [-0.39, 0.29) is 19.0 Å². The molecule has 1 rings (SSSR count). The molecule has 0 aromatic heterocycles. The standard InChI is InChI=1S/C15H24BrNO3S/c1-3-17(2)14-6-4-13(5-7-14)15(20)12-21(16,10-8-18)11-9-19/h4-7,18-19H,3,8-12H2,1-2H3. The smallest absolute Gasteiger partial charge is 0.171 e. The summed E-state index contributed by atoms with van der Waals surface area (Å²) in [6.07, 6.45) is 0. The highest BCUT2D eigenvalue weighted by Crippen LogP contribution is 2.55. The molecule has 0 aliphatic carbocycles. The molecule has 120 valence electrons. The third-order valence-corrected chi connectivity index (χ3v) is 8.65. The van der Waals surface area contributed by atoms with Crippen LogP contribution in [0.2, 0.25) is 0 Å². The van der Waals surface area contributed by atoms with E-state index in [2.05, 4.69) is 26.6 Å². The quantitative estimate of drug-likeness (QED) is 0.648. The third-order valence-electron chi connectivity index (χ3n) is 3.41. The molecule has 1 aromatic carbocycles. The van der Waals surface area contributed by atoms with Crippen molar-refractivity contribution in [2.24, 2.45) is 0 Å². The van der Waals surface area contributed by atoms with E-state index in [0.29, 0.717) is 22.8 Å². The first-order valence-corrected chi connectivity index (χ1v) is 11.0. The Labute approximate surface area is 135 Å². The van der Waals surface area contributed by atoms with Crippen molar-refractivity contribution in [2.75, 3.05) is 49.0 Å². The average molecular weight is 378 g/mol. The van der Waals surface area contributed by atoms with E-state index in [1.807, 2.05) is 31.3 Å². The van der Waals surface area contributed by atoms with Crippen LogP contribution in [0.4, 0.5) is 5.69 Å². The minimum Gasteiger partial charge on any atom is -0.396 e. The summed E-state index contributed by atoms with van der Waals surface area (Å²) in [4.78, 5) is 14.5. The van der Waals surface area contributed by atoms with E-state index in [9.17, 15) is 4.79 Å². The predicted molar refractivity (Wildman–Crippen MR) is 95.0 cm³/mol. The lowest BCUT2D eigenvalue weighted by molar-refractivity contribution is 0.102. The Bertz CT molecular complexity index is 447. The molecular weight excluding hydrogens is 354 g/mol. The van der Waals surface area contributed by atoms with Crippen molar-refractivity contribution < 1.29 is 15.0 Å². The molecular formula is C15H24BrNO3S. The first-order valence-electron chi connectivity index (χ1n) is 6.98. The van der Waals surface area contributed by atoms with Crippen LogP contribution in [0.15, 0.2) is 24.3 Å². The first kappa shape index (κ1) is 18.5. The fourth-order valence-corrected chi connectivity index (χ4v) is 5.25. The normalized spacial score (nSPS) is 12.2. The lowest BCUT2D eigenvalue weighted by Gasteiger charge is -2.31. The molecule has 2 N–H and O–H groups in total. The topological polar surface area (TPSA) is 60.8 Å². The molecule has 21 heavy (non-hydrogen) atoms. The van der Waals surface area contributed by atoms with Gasteiger partial charge < -0.3 is 15.1 Å². The van der Waals surface area contributed by atoms with Gasteiger partial charge in [-0.05, 0) is 46.0 Å². The number of halogens is 1. The van der Waals surface area contributed by atoms with Gasteiger partial charge in [-0.3, -0.25) is 4.79 Å². The molecule has 1 aromatic rings. The van der Waals surface area contributed by atoms with Gasteiger partial charge in [-0.2, -0.15) is 8.46 Å².